The zero-order valence-corrected chi connectivity index (χ0v) is 12.4. The van der Waals surface area contributed by atoms with E-state index >= 15 is 0 Å². The SMILES string of the molecule is CCC(C)Nc1cncc(C(=O)Nc2c(F)cccc2F)c1. The van der Waals surface area contributed by atoms with Crippen LogP contribution in [0.1, 0.15) is 30.6 Å². The number of rotatable bonds is 5. The summed E-state index contributed by atoms with van der Waals surface area (Å²) in [6.45, 7) is 4.03. The lowest BCUT2D eigenvalue weighted by Crippen LogP contribution is -2.17. The summed E-state index contributed by atoms with van der Waals surface area (Å²) in [6.07, 6.45) is 3.85. The van der Waals surface area contributed by atoms with Crippen molar-refractivity contribution in [3.8, 4) is 0 Å². The largest absolute Gasteiger partial charge is 0.381 e. The van der Waals surface area contributed by atoms with Crippen molar-refractivity contribution in [2.75, 3.05) is 10.6 Å². The van der Waals surface area contributed by atoms with Gasteiger partial charge in [0.15, 0.2) is 0 Å². The maximum atomic E-state index is 13.5. The Morgan fingerprint density at radius 1 is 1.27 bits per heavy atom. The molecule has 116 valence electrons. The molecule has 1 aromatic heterocycles. The number of amides is 1. The maximum Gasteiger partial charge on any atom is 0.257 e. The normalized spacial score (nSPS) is 11.8. The maximum absolute atomic E-state index is 13.5. The van der Waals surface area contributed by atoms with Crippen molar-refractivity contribution in [3.63, 3.8) is 0 Å². The fourth-order valence-corrected chi connectivity index (χ4v) is 1.83. The van der Waals surface area contributed by atoms with Crippen molar-refractivity contribution in [2.45, 2.75) is 26.3 Å². The fourth-order valence-electron chi connectivity index (χ4n) is 1.83. The molecule has 0 aliphatic rings. The molecular formula is C16H17F2N3O. The summed E-state index contributed by atoms with van der Waals surface area (Å²) in [7, 11) is 0. The lowest BCUT2D eigenvalue weighted by Gasteiger charge is -2.13. The van der Waals surface area contributed by atoms with E-state index in [0.29, 0.717) is 5.69 Å². The highest BCUT2D eigenvalue weighted by Crippen LogP contribution is 2.19. The van der Waals surface area contributed by atoms with Gasteiger partial charge in [-0.05, 0) is 31.5 Å². The minimum atomic E-state index is -0.824. The molecule has 1 amide bonds. The number of aromatic nitrogens is 1. The van der Waals surface area contributed by atoms with Gasteiger partial charge in [0, 0.05) is 18.4 Å². The van der Waals surface area contributed by atoms with Crippen LogP contribution in [0.25, 0.3) is 0 Å². The summed E-state index contributed by atoms with van der Waals surface area (Å²) < 4.78 is 27.1. The van der Waals surface area contributed by atoms with Crippen LogP contribution in [0.3, 0.4) is 0 Å². The molecule has 0 fully saturated rings. The second-order valence-corrected chi connectivity index (χ2v) is 4.97. The number of nitrogens with zero attached hydrogens (tertiary/aromatic N) is 1. The molecule has 6 heteroatoms. The first-order chi connectivity index (χ1) is 10.5. The number of hydrogen-bond acceptors (Lipinski definition) is 3. The second-order valence-electron chi connectivity index (χ2n) is 4.97. The monoisotopic (exact) mass is 305 g/mol. The zero-order chi connectivity index (χ0) is 16.1. The van der Waals surface area contributed by atoms with Crippen molar-refractivity contribution in [2.24, 2.45) is 0 Å². The quantitative estimate of drug-likeness (QED) is 0.883. The number of benzene rings is 1. The summed E-state index contributed by atoms with van der Waals surface area (Å²) in [5.74, 6) is -2.27. The van der Waals surface area contributed by atoms with Gasteiger partial charge in [-0.2, -0.15) is 0 Å². The van der Waals surface area contributed by atoms with Crippen LogP contribution in [0.15, 0.2) is 36.7 Å². The minimum Gasteiger partial charge on any atom is -0.381 e. The smallest absolute Gasteiger partial charge is 0.257 e. The van der Waals surface area contributed by atoms with Crippen molar-refractivity contribution in [1.29, 1.82) is 0 Å². The number of carbonyl (C=O) groups excluding carboxylic acids is 1. The van der Waals surface area contributed by atoms with Gasteiger partial charge < -0.3 is 10.6 Å². The number of carbonyl (C=O) groups is 1. The van der Waals surface area contributed by atoms with Crippen LogP contribution in [0.2, 0.25) is 0 Å². The van der Waals surface area contributed by atoms with Crippen LogP contribution < -0.4 is 10.6 Å². The summed E-state index contributed by atoms with van der Waals surface area (Å²) in [5, 5.41) is 5.42. The lowest BCUT2D eigenvalue weighted by atomic mass is 10.2. The van der Waals surface area contributed by atoms with E-state index in [-0.39, 0.29) is 11.6 Å². The van der Waals surface area contributed by atoms with Crippen LogP contribution in [0, 0.1) is 11.6 Å². The molecule has 2 aromatic rings. The molecule has 0 aliphatic carbocycles. The molecule has 0 aliphatic heterocycles. The van der Waals surface area contributed by atoms with Gasteiger partial charge in [-0.15, -0.1) is 0 Å². The van der Waals surface area contributed by atoms with Crippen molar-refractivity contribution >= 4 is 17.3 Å². The van der Waals surface area contributed by atoms with Gasteiger partial charge >= 0.3 is 0 Å². The number of para-hydroxylation sites is 1. The van der Waals surface area contributed by atoms with E-state index in [0.717, 1.165) is 18.6 Å². The minimum absolute atomic E-state index is 0.218. The topological polar surface area (TPSA) is 54.0 Å². The Bertz CT molecular complexity index is 656. The van der Waals surface area contributed by atoms with Gasteiger partial charge in [-0.3, -0.25) is 9.78 Å². The predicted molar refractivity (Wildman–Crippen MR) is 81.9 cm³/mol. The van der Waals surface area contributed by atoms with Crippen molar-refractivity contribution in [1.82, 2.24) is 4.98 Å². The molecule has 2 rings (SSSR count). The first-order valence-corrected chi connectivity index (χ1v) is 6.98. The number of halogens is 2. The van der Waals surface area contributed by atoms with E-state index in [4.69, 9.17) is 0 Å². The van der Waals surface area contributed by atoms with Gasteiger partial charge in [-0.1, -0.05) is 13.0 Å². The fraction of sp³-hybridized carbons (Fsp3) is 0.250. The molecule has 0 saturated carbocycles. The van der Waals surface area contributed by atoms with E-state index in [2.05, 4.69) is 15.6 Å². The van der Waals surface area contributed by atoms with E-state index in [9.17, 15) is 13.6 Å². The Balaban J connectivity index is 2.18. The van der Waals surface area contributed by atoms with Gasteiger partial charge in [0.25, 0.3) is 5.91 Å². The highest BCUT2D eigenvalue weighted by molar-refractivity contribution is 6.04. The highest BCUT2D eigenvalue weighted by Gasteiger charge is 2.14. The molecule has 0 radical (unpaired) electrons. The average Bonchev–Trinajstić information content (AvgIpc) is 2.51. The van der Waals surface area contributed by atoms with Crippen LogP contribution in [-0.4, -0.2) is 16.9 Å². The standard InChI is InChI=1S/C16H17F2N3O/c1-3-10(2)20-12-7-11(8-19-9-12)16(22)21-15-13(17)5-4-6-14(15)18/h4-10,20H,3H2,1-2H3,(H,21,22). The Morgan fingerprint density at radius 2 is 1.95 bits per heavy atom. The van der Waals surface area contributed by atoms with Crippen LogP contribution in [0.4, 0.5) is 20.2 Å². The Morgan fingerprint density at radius 3 is 2.59 bits per heavy atom. The third-order valence-electron chi connectivity index (χ3n) is 3.23. The van der Waals surface area contributed by atoms with Crippen LogP contribution >= 0.6 is 0 Å². The molecular weight excluding hydrogens is 288 g/mol. The first kappa shape index (κ1) is 15.9. The molecule has 1 unspecified atom stereocenters. The molecule has 4 nitrogen and oxygen atoms in total. The lowest BCUT2D eigenvalue weighted by molar-refractivity contribution is 0.102. The molecule has 0 spiro atoms. The van der Waals surface area contributed by atoms with Crippen LogP contribution in [-0.2, 0) is 0 Å². The first-order valence-electron chi connectivity index (χ1n) is 6.98. The average molecular weight is 305 g/mol. The molecule has 22 heavy (non-hydrogen) atoms. The van der Waals surface area contributed by atoms with E-state index in [1.165, 1.54) is 12.3 Å². The van der Waals surface area contributed by atoms with Gasteiger partial charge in [0.05, 0.1) is 11.3 Å². The van der Waals surface area contributed by atoms with E-state index < -0.39 is 23.2 Å². The number of nitrogens with one attached hydrogen (secondary N) is 2. The second kappa shape index (κ2) is 6.98. The highest BCUT2D eigenvalue weighted by atomic mass is 19.1. The molecule has 1 heterocycles. The summed E-state index contributed by atoms with van der Waals surface area (Å²) in [6, 6.07) is 5.21. The molecule has 1 atom stereocenters. The summed E-state index contributed by atoms with van der Waals surface area (Å²) >= 11 is 0. The number of hydrogen-bond donors (Lipinski definition) is 2. The van der Waals surface area contributed by atoms with Crippen molar-refractivity contribution in [3.05, 3.63) is 53.9 Å². The predicted octanol–water partition coefficient (Wildman–Crippen LogP) is 3.82. The molecule has 0 bridgehead atoms. The van der Waals surface area contributed by atoms with Gasteiger partial charge in [-0.25, -0.2) is 8.78 Å². The number of pyridine rings is 1. The number of anilines is 2. The Kier molecular flexibility index (Phi) is 5.04. The third-order valence-corrected chi connectivity index (χ3v) is 3.23. The van der Waals surface area contributed by atoms with Crippen molar-refractivity contribution < 1.29 is 13.6 Å². The molecule has 1 aromatic carbocycles. The summed E-state index contributed by atoms with van der Waals surface area (Å²) in [5.41, 5.74) is 0.430. The zero-order valence-electron chi connectivity index (χ0n) is 12.4. The van der Waals surface area contributed by atoms with Gasteiger partial charge in [0.1, 0.15) is 17.3 Å². The van der Waals surface area contributed by atoms with E-state index in [1.807, 2.05) is 13.8 Å². The Hall–Kier alpha value is -2.50. The summed E-state index contributed by atoms with van der Waals surface area (Å²) in [4.78, 5) is 16.1. The molecule has 2 N–H and O–H groups in total. The van der Waals surface area contributed by atoms with E-state index in [1.54, 1.807) is 12.3 Å². The third kappa shape index (κ3) is 3.78. The molecule has 0 saturated heterocycles. The Labute approximate surface area is 127 Å². The van der Waals surface area contributed by atoms with Gasteiger partial charge in [0.2, 0.25) is 0 Å². The van der Waals surface area contributed by atoms with Crippen LogP contribution in [0.5, 0.6) is 0 Å².